The lowest BCUT2D eigenvalue weighted by Crippen LogP contribution is -2.44. The molecule has 1 saturated heterocycles. The van der Waals surface area contributed by atoms with Crippen LogP contribution in [-0.2, 0) is 14.4 Å². The fourth-order valence-corrected chi connectivity index (χ4v) is 5.01. The normalized spacial score (nSPS) is 29.5. The first kappa shape index (κ1) is 23.0. The number of fused-ring (bicyclic) bond motifs is 5. The number of hydrogen-bond acceptors (Lipinski definition) is 4. The topological polar surface area (TPSA) is 103 Å². The molecule has 3 fully saturated rings. The molecule has 0 aromatic heterocycles. The monoisotopic (exact) mass is 529 g/mol. The third kappa shape index (κ3) is 4.50. The summed E-state index contributed by atoms with van der Waals surface area (Å²) in [5.41, 5.74) is 0. The van der Waals surface area contributed by atoms with Crippen LogP contribution in [0.3, 0.4) is 0 Å². The number of nitrogens with one attached hydrogen (secondary N) is 3. The van der Waals surface area contributed by atoms with Gasteiger partial charge in [-0.1, -0.05) is 18.6 Å². The smallest absolute Gasteiger partial charge is 0.233 e. The zero-order valence-corrected chi connectivity index (χ0v) is 19.8. The zero-order chi connectivity index (χ0) is 20.4. The number of guanidine groups is 1. The van der Waals surface area contributed by atoms with E-state index in [9.17, 15) is 14.4 Å². The first-order valence-electron chi connectivity index (χ1n) is 10.9. The molecule has 4 rings (SSSR count). The largest absolute Gasteiger partial charge is 0.356 e. The highest BCUT2D eigenvalue weighted by molar-refractivity contribution is 14.0. The van der Waals surface area contributed by atoms with Crippen molar-refractivity contribution in [3.8, 4) is 0 Å². The Bertz CT molecular complexity index is 706. The van der Waals surface area contributed by atoms with Crippen molar-refractivity contribution in [2.75, 3.05) is 33.2 Å². The predicted molar refractivity (Wildman–Crippen MR) is 124 cm³/mol. The lowest BCUT2D eigenvalue weighted by molar-refractivity contribution is -0.140. The van der Waals surface area contributed by atoms with Gasteiger partial charge in [-0.3, -0.25) is 24.3 Å². The molecule has 0 spiro atoms. The molecule has 2 saturated carbocycles. The van der Waals surface area contributed by atoms with E-state index in [4.69, 9.17) is 0 Å². The molecule has 0 radical (unpaired) electrons. The number of halogens is 1. The van der Waals surface area contributed by atoms with Gasteiger partial charge in [0.05, 0.1) is 11.8 Å². The maximum absolute atomic E-state index is 12.7. The van der Waals surface area contributed by atoms with Crippen LogP contribution in [0.2, 0.25) is 0 Å². The highest BCUT2D eigenvalue weighted by atomic mass is 127. The summed E-state index contributed by atoms with van der Waals surface area (Å²) in [6, 6.07) is 0. The molecule has 4 atom stereocenters. The van der Waals surface area contributed by atoms with Crippen molar-refractivity contribution < 1.29 is 14.4 Å². The Balaban J connectivity index is 0.00000256. The van der Waals surface area contributed by atoms with Crippen molar-refractivity contribution in [3.63, 3.8) is 0 Å². The molecular formula is C21H32IN5O3. The second-order valence-electron chi connectivity index (χ2n) is 8.53. The molecule has 3 amide bonds. The summed E-state index contributed by atoms with van der Waals surface area (Å²) in [6.45, 7) is 2.17. The van der Waals surface area contributed by atoms with Gasteiger partial charge in [0.25, 0.3) is 0 Å². The van der Waals surface area contributed by atoms with Gasteiger partial charge >= 0.3 is 0 Å². The summed E-state index contributed by atoms with van der Waals surface area (Å²) in [5, 5.41) is 9.34. The molecule has 3 N–H and O–H groups in total. The molecule has 4 unspecified atom stereocenters. The van der Waals surface area contributed by atoms with Gasteiger partial charge in [0.15, 0.2) is 5.96 Å². The van der Waals surface area contributed by atoms with Gasteiger partial charge in [0.2, 0.25) is 17.7 Å². The summed E-state index contributed by atoms with van der Waals surface area (Å²) in [6.07, 6.45) is 9.18. The van der Waals surface area contributed by atoms with Crippen molar-refractivity contribution in [1.82, 2.24) is 20.9 Å². The van der Waals surface area contributed by atoms with E-state index in [0.717, 1.165) is 32.1 Å². The number of amides is 3. The number of carbonyl (C=O) groups excluding carboxylic acids is 3. The van der Waals surface area contributed by atoms with Crippen molar-refractivity contribution in [1.29, 1.82) is 0 Å². The van der Waals surface area contributed by atoms with Gasteiger partial charge in [-0.2, -0.15) is 0 Å². The molecule has 8 nitrogen and oxygen atoms in total. The average molecular weight is 529 g/mol. The maximum atomic E-state index is 12.7. The van der Waals surface area contributed by atoms with Gasteiger partial charge in [-0.15, -0.1) is 24.0 Å². The summed E-state index contributed by atoms with van der Waals surface area (Å²) in [4.78, 5) is 42.7. The maximum Gasteiger partial charge on any atom is 0.233 e. The third-order valence-electron chi connectivity index (χ3n) is 6.83. The van der Waals surface area contributed by atoms with Crippen LogP contribution in [0.4, 0.5) is 0 Å². The Morgan fingerprint density at radius 2 is 1.63 bits per heavy atom. The Kier molecular flexibility index (Phi) is 7.75. The second kappa shape index (κ2) is 10.1. The molecule has 9 heteroatoms. The minimum absolute atomic E-state index is 0. The lowest BCUT2D eigenvalue weighted by Gasteiger charge is -2.24. The van der Waals surface area contributed by atoms with Gasteiger partial charge in [0, 0.05) is 39.1 Å². The van der Waals surface area contributed by atoms with E-state index in [2.05, 4.69) is 33.1 Å². The molecule has 1 heterocycles. The lowest BCUT2D eigenvalue weighted by atomic mass is 9.85. The number of carbonyl (C=O) groups is 3. The van der Waals surface area contributed by atoms with Gasteiger partial charge < -0.3 is 16.0 Å². The summed E-state index contributed by atoms with van der Waals surface area (Å²) >= 11 is 0. The molecule has 0 aromatic rings. The SMILES string of the molecule is CN=C(NCCCNC(=O)C1CCC1)NCCN1C(=O)C2C3C=CC(C3)C2C1=O.I. The Labute approximate surface area is 194 Å². The molecular weight excluding hydrogens is 497 g/mol. The minimum Gasteiger partial charge on any atom is -0.356 e. The van der Waals surface area contributed by atoms with Crippen LogP contribution in [0, 0.1) is 29.6 Å². The number of imide groups is 1. The summed E-state index contributed by atoms with van der Waals surface area (Å²) in [5.74, 6) is 1.24. The number of likely N-dealkylation sites (tertiary alicyclic amines) is 1. The third-order valence-corrected chi connectivity index (χ3v) is 6.83. The molecule has 4 aliphatic rings. The summed E-state index contributed by atoms with van der Waals surface area (Å²) < 4.78 is 0. The number of nitrogens with zero attached hydrogens (tertiary/aromatic N) is 2. The number of hydrogen-bond donors (Lipinski definition) is 3. The Morgan fingerprint density at radius 1 is 1.03 bits per heavy atom. The second-order valence-corrected chi connectivity index (χ2v) is 8.53. The fourth-order valence-electron chi connectivity index (χ4n) is 5.01. The van der Waals surface area contributed by atoms with Crippen LogP contribution < -0.4 is 16.0 Å². The molecule has 30 heavy (non-hydrogen) atoms. The average Bonchev–Trinajstić information content (AvgIpc) is 3.34. The van der Waals surface area contributed by atoms with E-state index < -0.39 is 0 Å². The molecule has 166 valence electrons. The quantitative estimate of drug-likeness (QED) is 0.108. The molecule has 2 bridgehead atoms. The van der Waals surface area contributed by atoms with Crippen LogP contribution in [0.15, 0.2) is 17.1 Å². The number of aliphatic imine (C=N–C) groups is 1. The Hall–Kier alpha value is -1.65. The van der Waals surface area contributed by atoms with Crippen LogP contribution in [0.1, 0.15) is 32.1 Å². The van der Waals surface area contributed by atoms with Crippen LogP contribution in [-0.4, -0.2) is 61.8 Å². The molecule has 3 aliphatic carbocycles. The first-order valence-corrected chi connectivity index (χ1v) is 10.9. The predicted octanol–water partition coefficient (Wildman–Crippen LogP) is 0.883. The first-order chi connectivity index (χ1) is 14.1. The fraction of sp³-hybridized carbons (Fsp3) is 0.714. The van der Waals surface area contributed by atoms with Crippen LogP contribution >= 0.6 is 24.0 Å². The standard InChI is InChI=1S/C21H31N5O3.HI/c1-22-21(24-9-3-8-23-18(27)13-4-2-5-13)25-10-11-26-19(28)16-14-6-7-15(12-14)17(16)20(26)29;/h6-7,13-17H,2-5,8-12H2,1H3,(H,23,27)(H2,22,24,25);1H. The van der Waals surface area contributed by atoms with E-state index in [1.165, 1.54) is 4.90 Å². The summed E-state index contributed by atoms with van der Waals surface area (Å²) in [7, 11) is 1.69. The van der Waals surface area contributed by atoms with E-state index in [1.807, 2.05) is 0 Å². The van der Waals surface area contributed by atoms with Crippen LogP contribution in [0.25, 0.3) is 0 Å². The van der Waals surface area contributed by atoms with E-state index in [1.54, 1.807) is 7.05 Å². The molecule has 0 aromatic carbocycles. The molecule has 1 aliphatic heterocycles. The van der Waals surface area contributed by atoms with Gasteiger partial charge in [-0.05, 0) is 37.5 Å². The Morgan fingerprint density at radius 3 is 2.20 bits per heavy atom. The van der Waals surface area contributed by atoms with Crippen molar-refractivity contribution in [2.45, 2.75) is 32.1 Å². The minimum atomic E-state index is -0.134. The van der Waals surface area contributed by atoms with E-state index >= 15 is 0 Å². The zero-order valence-electron chi connectivity index (χ0n) is 17.4. The highest BCUT2D eigenvalue weighted by Gasteiger charge is 2.58. The number of rotatable bonds is 8. The van der Waals surface area contributed by atoms with Crippen LogP contribution in [0.5, 0.6) is 0 Å². The van der Waals surface area contributed by atoms with Crippen molar-refractivity contribution in [2.24, 2.45) is 34.6 Å². The van der Waals surface area contributed by atoms with Gasteiger partial charge in [0.1, 0.15) is 0 Å². The van der Waals surface area contributed by atoms with E-state index in [0.29, 0.717) is 32.1 Å². The van der Waals surface area contributed by atoms with E-state index in [-0.39, 0.29) is 71.3 Å². The van der Waals surface area contributed by atoms with Gasteiger partial charge in [-0.25, -0.2) is 0 Å². The highest BCUT2D eigenvalue weighted by Crippen LogP contribution is 2.52. The van der Waals surface area contributed by atoms with Crippen molar-refractivity contribution >= 4 is 47.7 Å². The number of allylic oxidation sites excluding steroid dienone is 2. The van der Waals surface area contributed by atoms with Crippen molar-refractivity contribution in [3.05, 3.63) is 12.2 Å².